The quantitative estimate of drug-likeness (QED) is 0.420. The van der Waals surface area contributed by atoms with Gasteiger partial charge in [0.1, 0.15) is 8.62 Å². The first-order chi connectivity index (χ1) is 6.25. The Hall–Kier alpha value is 0.822. The molecule has 0 N–H and O–H groups in total. The molecule has 15 heteroatoms. The third-order valence-corrected chi connectivity index (χ3v) is 2.40. The van der Waals surface area contributed by atoms with Gasteiger partial charge in [-0.05, 0) is 18.3 Å². The molecular formula is O10P4Re. The zero-order valence-electron chi connectivity index (χ0n) is 6.25. The van der Waals surface area contributed by atoms with Gasteiger partial charge in [-0.3, -0.25) is 0 Å². The Morgan fingerprint density at radius 3 is 0.733 bits per heavy atom. The van der Waals surface area contributed by atoms with Crippen LogP contribution >= 0.6 is 33.0 Å². The fourth-order valence-corrected chi connectivity index (χ4v) is 0.980. The zero-order valence-corrected chi connectivity index (χ0v) is 12.5. The van der Waals surface area contributed by atoms with E-state index >= 15 is 0 Å². The normalized spacial score (nSPS) is 12.5. The van der Waals surface area contributed by atoms with E-state index in [2.05, 4.69) is 8.62 Å². The number of rotatable bonds is 4. The average molecular weight is 470 g/mol. The second-order valence-electron chi connectivity index (χ2n) is 1.06. The molecule has 10 nitrogen and oxygen atoms in total. The van der Waals surface area contributed by atoms with Crippen LogP contribution in [0.4, 0.5) is 0 Å². The average Bonchev–Trinajstić information content (AvgIpc) is 1.79. The first-order valence-corrected chi connectivity index (χ1v) is 6.57. The van der Waals surface area contributed by atoms with Crippen molar-refractivity contribution in [1.82, 2.24) is 0 Å². The molecule has 0 saturated heterocycles. The molecule has 1 radical (unpaired) electrons. The standard InChI is InChI=1S/2O5P2.Re/c2*1-6(2)5-7(3)4;. The van der Waals surface area contributed by atoms with Crippen LogP contribution in [0.1, 0.15) is 0 Å². The maximum absolute atomic E-state index is 9.24. The van der Waals surface area contributed by atoms with Crippen LogP contribution in [0.25, 0.3) is 0 Å². The molecule has 0 aliphatic carbocycles. The molecule has 4 atom stereocenters. The first kappa shape index (κ1) is 21.1. The van der Waals surface area contributed by atoms with Crippen LogP contribution in [-0.2, 0) is 47.3 Å². The molecule has 0 saturated carbocycles. The van der Waals surface area contributed by atoms with E-state index in [-0.39, 0.29) is 20.4 Å². The Kier molecular flexibility index (Phi) is 18.2. The Morgan fingerprint density at radius 1 is 0.600 bits per heavy atom. The summed E-state index contributed by atoms with van der Waals surface area (Å²) in [5.41, 5.74) is 0. The van der Waals surface area contributed by atoms with Crippen molar-refractivity contribution in [2.24, 2.45) is 0 Å². The second kappa shape index (κ2) is 12.9. The summed E-state index contributed by atoms with van der Waals surface area (Å²) in [4.78, 5) is 37.0. The van der Waals surface area contributed by atoms with E-state index in [0.717, 1.165) is 0 Å². The van der Waals surface area contributed by atoms with E-state index in [1.54, 1.807) is 0 Å². The largest absolute Gasteiger partial charge is 0.563 e. The van der Waals surface area contributed by atoms with Gasteiger partial charge in [-0.25, -0.2) is 0 Å². The summed E-state index contributed by atoms with van der Waals surface area (Å²) in [7, 11) is -12.9. The van der Waals surface area contributed by atoms with Crippen LogP contribution in [0.3, 0.4) is 0 Å². The molecule has 0 aliphatic rings. The smallest absolute Gasteiger partial charge is 0.543 e. The Morgan fingerprint density at radius 2 is 0.733 bits per heavy atom. The minimum Gasteiger partial charge on any atom is -0.563 e. The molecule has 0 bridgehead atoms. The maximum Gasteiger partial charge on any atom is 0.543 e. The summed E-state index contributed by atoms with van der Waals surface area (Å²) >= 11 is 0. The van der Waals surface area contributed by atoms with Crippen LogP contribution in [0.15, 0.2) is 0 Å². The summed E-state index contributed by atoms with van der Waals surface area (Å²) in [6.45, 7) is 0. The molecular weight excluding hydrogens is 470 g/mol. The van der Waals surface area contributed by atoms with Gasteiger partial charge in [-0.1, -0.05) is 0 Å². The van der Waals surface area contributed by atoms with Crippen molar-refractivity contribution in [2.75, 3.05) is 0 Å². The van der Waals surface area contributed by atoms with Gasteiger partial charge in [-0.15, -0.1) is 0 Å². The van der Waals surface area contributed by atoms with Gasteiger partial charge in [-0.2, -0.15) is 0 Å². The van der Waals surface area contributed by atoms with E-state index in [1.807, 2.05) is 0 Å². The fourth-order valence-electron chi connectivity index (χ4n) is 0.109. The maximum atomic E-state index is 9.24. The van der Waals surface area contributed by atoms with Crippen LogP contribution in [0, 0.1) is 0 Å². The molecule has 15 heavy (non-hydrogen) atoms. The molecule has 4 unspecified atom stereocenters. The molecule has 0 aromatic heterocycles. The minimum absolute atomic E-state index is 0. The van der Waals surface area contributed by atoms with Gasteiger partial charge >= 0.3 is 33.0 Å². The van der Waals surface area contributed by atoms with Crippen LogP contribution in [0.5, 0.6) is 0 Å². The van der Waals surface area contributed by atoms with E-state index in [9.17, 15) is 37.8 Å². The predicted octanol–water partition coefficient (Wildman–Crippen LogP) is -1.93. The van der Waals surface area contributed by atoms with Gasteiger partial charge in [0.2, 0.25) is 0 Å². The molecule has 0 spiro atoms. The molecule has 0 amide bonds. The van der Waals surface area contributed by atoms with Crippen molar-refractivity contribution in [2.45, 2.75) is 0 Å². The molecule has 0 fully saturated rings. The van der Waals surface area contributed by atoms with Crippen LogP contribution in [0.2, 0.25) is 0 Å². The number of hydrogen-bond donors (Lipinski definition) is 0. The first-order valence-electron chi connectivity index (χ1n) is 2.19. The monoisotopic (exact) mass is 471 g/mol. The fraction of sp³-hybridized carbons (Fsp3) is 0. The molecule has 0 aliphatic heterocycles. The second-order valence-corrected chi connectivity index (χ2v) is 4.15. The summed E-state index contributed by atoms with van der Waals surface area (Å²) < 4.78 is 43.3. The predicted molar refractivity (Wildman–Crippen MR) is 32.6 cm³/mol. The van der Waals surface area contributed by atoms with Crippen LogP contribution < -0.4 is 19.6 Å². The van der Waals surface area contributed by atoms with E-state index in [0.29, 0.717) is 0 Å². The molecule has 0 aromatic rings. The van der Waals surface area contributed by atoms with Gasteiger partial charge in [0.15, 0.2) is 0 Å². The van der Waals surface area contributed by atoms with E-state index in [4.69, 9.17) is 0 Å². The summed E-state index contributed by atoms with van der Waals surface area (Å²) in [6, 6.07) is 0. The van der Waals surface area contributed by atoms with Gasteiger partial charge in [0.25, 0.3) is 0 Å². The van der Waals surface area contributed by atoms with Crippen molar-refractivity contribution in [1.29, 1.82) is 0 Å². The van der Waals surface area contributed by atoms with Crippen molar-refractivity contribution in [3.05, 3.63) is 0 Å². The summed E-state index contributed by atoms with van der Waals surface area (Å²) in [6.07, 6.45) is 0. The van der Waals surface area contributed by atoms with Crippen molar-refractivity contribution in [3.8, 4) is 0 Å². The van der Waals surface area contributed by atoms with Crippen molar-refractivity contribution < 1.29 is 66.9 Å². The third-order valence-electron chi connectivity index (χ3n) is 0.267. The van der Waals surface area contributed by atoms with E-state index < -0.39 is 33.0 Å². The molecule has 87 valence electrons. The summed E-state index contributed by atoms with van der Waals surface area (Å²) in [5.74, 6) is 0. The topological polar surface area (TPSA) is 179 Å². The SMILES string of the molecule is O=[P+]([O-])O[P+](=O)[O-].O=[P+]([O-])O[P+](=O)[O-].[Re]. The van der Waals surface area contributed by atoms with Gasteiger partial charge in [0, 0.05) is 20.4 Å². The third kappa shape index (κ3) is 31.3. The van der Waals surface area contributed by atoms with E-state index in [1.165, 1.54) is 0 Å². The zero-order chi connectivity index (χ0) is 11.7. The van der Waals surface area contributed by atoms with Crippen molar-refractivity contribution in [3.63, 3.8) is 0 Å². The Bertz CT molecular complexity index is 196. The minimum atomic E-state index is -3.24. The molecule has 0 aromatic carbocycles. The molecule has 0 heterocycles. The number of hydrogen-bond acceptors (Lipinski definition) is 10. The van der Waals surface area contributed by atoms with Gasteiger partial charge in [0.05, 0.1) is 0 Å². The molecule has 0 rings (SSSR count). The van der Waals surface area contributed by atoms with Crippen LogP contribution in [-0.4, -0.2) is 0 Å². The van der Waals surface area contributed by atoms with Crippen molar-refractivity contribution >= 4 is 33.0 Å². The Balaban J connectivity index is -0.000000180. The van der Waals surface area contributed by atoms with Gasteiger partial charge < -0.3 is 19.6 Å². The Labute approximate surface area is 100 Å². The summed E-state index contributed by atoms with van der Waals surface area (Å²) in [5, 5.41) is 0.